The Labute approximate surface area is 149 Å². The fraction of sp³-hybridized carbons (Fsp3) is 0.158. The molecule has 1 aromatic carbocycles. The van der Waals surface area contributed by atoms with Crippen molar-refractivity contribution < 1.29 is 9.32 Å². The van der Waals surface area contributed by atoms with Gasteiger partial charge in [-0.25, -0.2) is 9.97 Å². The van der Waals surface area contributed by atoms with Crippen LogP contribution in [0.15, 0.2) is 53.3 Å². The first-order valence-corrected chi connectivity index (χ1v) is 8.22. The Hall–Kier alpha value is -3.48. The molecule has 4 rings (SSSR count). The number of aryl methyl sites for hydroxylation is 2. The Bertz CT molecular complexity index is 1080. The van der Waals surface area contributed by atoms with Gasteiger partial charge in [0.25, 0.3) is 11.6 Å². The van der Waals surface area contributed by atoms with E-state index in [2.05, 4.69) is 20.4 Å². The van der Waals surface area contributed by atoms with Crippen molar-refractivity contribution in [3.63, 3.8) is 0 Å². The van der Waals surface area contributed by atoms with E-state index in [1.807, 2.05) is 48.0 Å². The quantitative estimate of drug-likeness (QED) is 0.612. The van der Waals surface area contributed by atoms with Gasteiger partial charge in [0.2, 0.25) is 5.95 Å². The predicted octanol–water partition coefficient (Wildman–Crippen LogP) is 3.34. The topological polar surface area (TPSA) is 85.8 Å². The van der Waals surface area contributed by atoms with E-state index in [9.17, 15) is 4.79 Å². The second-order valence-electron chi connectivity index (χ2n) is 6.08. The monoisotopic (exact) mass is 347 g/mol. The lowest BCUT2D eigenvalue weighted by Gasteiger charge is -2.10. The molecule has 0 saturated carbocycles. The summed E-state index contributed by atoms with van der Waals surface area (Å²) in [5.41, 5.74) is 3.27. The molecule has 130 valence electrons. The highest BCUT2D eigenvalue weighted by Gasteiger charge is 2.19. The highest BCUT2D eigenvalue weighted by Crippen LogP contribution is 2.23. The first kappa shape index (κ1) is 16.0. The van der Waals surface area contributed by atoms with Gasteiger partial charge in [-0.05, 0) is 25.5 Å². The molecular formula is C19H17N5O2. The number of carbonyl (C=O) groups excluding carboxylic acids is 1. The molecule has 0 fully saturated rings. The molecule has 0 radical (unpaired) electrons. The molecule has 0 saturated heterocycles. The number of amides is 1. The molecular weight excluding hydrogens is 330 g/mol. The maximum Gasteiger partial charge on any atom is 0.258 e. The smallest absolute Gasteiger partial charge is 0.258 e. The lowest BCUT2D eigenvalue weighted by molar-refractivity contribution is 0.102. The van der Waals surface area contributed by atoms with Gasteiger partial charge >= 0.3 is 0 Å². The van der Waals surface area contributed by atoms with Gasteiger partial charge in [-0.3, -0.25) is 10.1 Å². The van der Waals surface area contributed by atoms with Gasteiger partial charge in [-0.2, -0.15) is 0 Å². The van der Waals surface area contributed by atoms with Gasteiger partial charge in [-0.15, -0.1) is 0 Å². The standard InChI is InChI=1S/C19H17N5O2/c1-12-10-15(16-13(2)23-26-18(16)21-12)17(25)22-19-20-8-9-24(19)11-14-6-4-3-5-7-14/h3-10H,11H2,1-2H3,(H,20,22,25). The zero-order valence-corrected chi connectivity index (χ0v) is 14.4. The Morgan fingerprint density at radius 3 is 2.85 bits per heavy atom. The molecule has 3 aromatic heterocycles. The number of nitrogens with zero attached hydrogens (tertiary/aromatic N) is 4. The SMILES string of the molecule is Cc1cc(C(=O)Nc2nccn2Cc2ccccc2)c2c(C)noc2n1. The van der Waals surface area contributed by atoms with Crippen LogP contribution >= 0.6 is 0 Å². The summed E-state index contributed by atoms with van der Waals surface area (Å²) in [6.45, 7) is 4.22. The highest BCUT2D eigenvalue weighted by molar-refractivity contribution is 6.11. The summed E-state index contributed by atoms with van der Waals surface area (Å²) in [7, 11) is 0. The van der Waals surface area contributed by atoms with Crippen LogP contribution < -0.4 is 5.32 Å². The highest BCUT2D eigenvalue weighted by atomic mass is 16.5. The number of anilines is 1. The first-order chi connectivity index (χ1) is 12.6. The second-order valence-corrected chi connectivity index (χ2v) is 6.08. The van der Waals surface area contributed by atoms with Crippen molar-refractivity contribution in [2.24, 2.45) is 0 Å². The predicted molar refractivity (Wildman–Crippen MR) is 97.0 cm³/mol. The number of nitrogens with one attached hydrogen (secondary N) is 1. The zero-order valence-electron chi connectivity index (χ0n) is 14.4. The molecule has 26 heavy (non-hydrogen) atoms. The van der Waals surface area contributed by atoms with Crippen LogP contribution in [0.4, 0.5) is 5.95 Å². The van der Waals surface area contributed by atoms with Crippen LogP contribution in [-0.4, -0.2) is 25.6 Å². The molecule has 1 amide bonds. The minimum atomic E-state index is -0.271. The fourth-order valence-electron chi connectivity index (χ4n) is 2.91. The van der Waals surface area contributed by atoms with Gasteiger partial charge < -0.3 is 9.09 Å². The summed E-state index contributed by atoms with van der Waals surface area (Å²) >= 11 is 0. The summed E-state index contributed by atoms with van der Waals surface area (Å²) in [4.78, 5) is 21.4. The number of hydrogen-bond donors (Lipinski definition) is 1. The number of hydrogen-bond acceptors (Lipinski definition) is 5. The van der Waals surface area contributed by atoms with Gasteiger partial charge in [-0.1, -0.05) is 35.5 Å². The van der Waals surface area contributed by atoms with E-state index in [1.165, 1.54) is 0 Å². The summed E-state index contributed by atoms with van der Waals surface area (Å²) in [6, 6.07) is 11.7. The molecule has 0 spiro atoms. The van der Waals surface area contributed by atoms with Crippen molar-refractivity contribution in [2.75, 3.05) is 5.32 Å². The Kier molecular flexibility index (Phi) is 3.96. The molecule has 0 atom stereocenters. The van der Waals surface area contributed by atoms with Crippen molar-refractivity contribution in [1.82, 2.24) is 19.7 Å². The number of aromatic nitrogens is 4. The van der Waals surface area contributed by atoms with Crippen LogP contribution in [0.25, 0.3) is 11.1 Å². The molecule has 0 aliphatic rings. The first-order valence-electron chi connectivity index (χ1n) is 8.22. The molecule has 0 aliphatic carbocycles. The van der Waals surface area contributed by atoms with Crippen LogP contribution in [0.3, 0.4) is 0 Å². The molecule has 0 bridgehead atoms. The number of benzene rings is 1. The zero-order chi connectivity index (χ0) is 18.1. The summed E-state index contributed by atoms with van der Waals surface area (Å²) < 4.78 is 7.08. The van der Waals surface area contributed by atoms with Crippen LogP contribution in [-0.2, 0) is 6.54 Å². The molecule has 1 N–H and O–H groups in total. The maximum atomic E-state index is 12.9. The van der Waals surface area contributed by atoms with E-state index >= 15 is 0 Å². The third kappa shape index (κ3) is 2.95. The van der Waals surface area contributed by atoms with Crippen molar-refractivity contribution in [2.45, 2.75) is 20.4 Å². The fourth-order valence-corrected chi connectivity index (χ4v) is 2.91. The van der Waals surface area contributed by atoms with E-state index in [1.54, 1.807) is 19.2 Å². The normalized spacial score (nSPS) is 11.0. The minimum absolute atomic E-state index is 0.271. The number of pyridine rings is 1. The van der Waals surface area contributed by atoms with E-state index < -0.39 is 0 Å². The molecule has 0 unspecified atom stereocenters. The van der Waals surface area contributed by atoms with Crippen molar-refractivity contribution in [3.05, 3.63) is 71.3 Å². The third-order valence-electron chi connectivity index (χ3n) is 4.13. The van der Waals surface area contributed by atoms with Crippen LogP contribution in [0.5, 0.6) is 0 Å². The van der Waals surface area contributed by atoms with Gasteiger partial charge in [0.15, 0.2) is 0 Å². The van der Waals surface area contributed by atoms with Crippen LogP contribution in [0.1, 0.15) is 27.3 Å². The van der Waals surface area contributed by atoms with Crippen LogP contribution in [0.2, 0.25) is 0 Å². The number of rotatable bonds is 4. The number of imidazole rings is 1. The van der Waals surface area contributed by atoms with Crippen LogP contribution in [0, 0.1) is 13.8 Å². The Morgan fingerprint density at radius 2 is 2.04 bits per heavy atom. The number of carbonyl (C=O) groups is 1. The van der Waals surface area contributed by atoms with Gasteiger partial charge in [0.1, 0.15) is 0 Å². The van der Waals surface area contributed by atoms with E-state index in [0.29, 0.717) is 40.5 Å². The van der Waals surface area contributed by atoms with Gasteiger partial charge in [0, 0.05) is 18.1 Å². The average molecular weight is 347 g/mol. The lowest BCUT2D eigenvalue weighted by Crippen LogP contribution is -2.17. The van der Waals surface area contributed by atoms with Gasteiger partial charge in [0.05, 0.1) is 23.2 Å². The van der Waals surface area contributed by atoms with Crippen molar-refractivity contribution in [1.29, 1.82) is 0 Å². The van der Waals surface area contributed by atoms with E-state index in [4.69, 9.17) is 4.52 Å². The van der Waals surface area contributed by atoms with E-state index in [0.717, 1.165) is 5.56 Å². The largest absolute Gasteiger partial charge is 0.336 e. The minimum Gasteiger partial charge on any atom is -0.336 e. The molecule has 3 heterocycles. The molecule has 0 aliphatic heterocycles. The lowest BCUT2D eigenvalue weighted by atomic mass is 10.1. The average Bonchev–Trinajstić information content (AvgIpc) is 3.22. The maximum absolute atomic E-state index is 12.9. The summed E-state index contributed by atoms with van der Waals surface area (Å²) in [5.74, 6) is 0.211. The summed E-state index contributed by atoms with van der Waals surface area (Å²) in [6.07, 6.45) is 3.50. The van der Waals surface area contributed by atoms with E-state index in [-0.39, 0.29) is 5.91 Å². The molecule has 4 aromatic rings. The molecule has 7 nitrogen and oxygen atoms in total. The summed E-state index contributed by atoms with van der Waals surface area (Å²) in [5, 5.41) is 7.41. The van der Waals surface area contributed by atoms with Crippen molar-refractivity contribution >= 4 is 23.0 Å². The van der Waals surface area contributed by atoms with Crippen molar-refractivity contribution in [3.8, 4) is 0 Å². The Morgan fingerprint density at radius 1 is 1.23 bits per heavy atom. The number of fused-ring (bicyclic) bond motifs is 1. The third-order valence-corrected chi connectivity index (χ3v) is 4.13. The second kappa shape index (κ2) is 6.44. The Balaban J connectivity index is 1.64. The molecule has 7 heteroatoms.